The highest BCUT2D eigenvalue weighted by atomic mass is 16.5. The number of hydrogen-bond donors (Lipinski definition) is 2. The number of carbonyl (C=O) groups is 1. The Morgan fingerprint density at radius 2 is 2.00 bits per heavy atom. The lowest BCUT2D eigenvalue weighted by Crippen LogP contribution is -2.56. The Bertz CT molecular complexity index is 1270. The molecule has 3 fully saturated rings. The number of hydrogen-bond acceptors (Lipinski definition) is 5. The van der Waals surface area contributed by atoms with E-state index in [4.69, 9.17) is 4.74 Å². The summed E-state index contributed by atoms with van der Waals surface area (Å²) in [5.41, 5.74) is 1.84. The van der Waals surface area contributed by atoms with Gasteiger partial charge < -0.3 is 14.9 Å². The van der Waals surface area contributed by atoms with Gasteiger partial charge in [0.2, 0.25) is 0 Å². The van der Waals surface area contributed by atoms with Crippen LogP contribution >= 0.6 is 0 Å². The molecule has 7 atom stereocenters. The predicted octanol–water partition coefficient (Wildman–Crippen LogP) is 3.99. The smallest absolute Gasteiger partial charge is 0.141 e. The Balaban J connectivity index is 1.34. The van der Waals surface area contributed by atoms with E-state index in [0.29, 0.717) is 18.6 Å². The second-order valence-electron chi connectivity index (χ2n) is 11.1. The molecule has 33 heavy (non-hydrogen) atoms. The van der Waals surface area contributed by atoms with Crippen LogP contribution in [0.15, 0.2) is 60.0 Å². The van der Waals surface area contributed by atoms with Crippen LogP contribution in [0, 0.1) is 11.3 Å². The van der Waals surface area contributed by atoms with E-state index in [2.05, 4.69) is 42.3 Å². The Hall–Kier alpha value is -2.34. The number of ether oxygens (including phenoxy) is 1. The first-order valence-corrected chi connectivity index (χ1v) is 12.2. The number of nitrogens with zero attached hydrogens (tertiary/aromatic N) is 1. The third-order valence-electron chi connectivity index (χ3n) is 9.64. The number of ketones is 1. The summed E-state index contributed by atoms with van der Waals surface area (Å²) >= 11 is 0. The van der Waals surface area contributed by atoms with Gasteiger partial charge >= 0.3 is 0 Å². The van der Waals surface area contributed by atoms with Gasteiger partial charge in [0, 0.05) is 36.0 Å². The van der Waals surface area contributed by atoms with Crippen molar-refractivity contribution < 1.29 is 19.7 Å². The number of aromatic nitrogens is 1. The second kappa shape index (κ2) is 6.41. The zero-order chi connectivity index (χ0) is 22.6. The van der Waals surface area contributed by atoms with E-state index in [-0.39, 0.29) is 17.3 Å². The highest BCUT2D eigenvalue weighted by Crippen LogP contribution is 2.68. The summed E-state index contributed by atoms with van der Waals surface area (Å²) in [6, 6.07) is 8.36. The maximum atomic E-state index is 13.6. The molecule has 1 aromatic heterocycles. The van der Waals surface area contributed by atoms with Gasteiger partial charge in [-0.2, -0.15) is 0 Å². The number of rotatable bonds is 1. The molecule has 1 saturated heterocycles. The maximum Gasteiger partial charge on any atom is 0.141 e. The number of fused-ring (bicyclic) bond motifs is 2. The van der Waals surface area contributed by atoms with E-state index in [0.717, 1.165) is 53.2 Å². The molecule has 5 aliphatic rings. The summed E-state index contributed by atoms with van der Waals surface area (Å²) in [7, 11) is 0. The molecule has 7 rings (SSSR count). The van der Waals surface area contributed by atoms with Gasteiger partial charge in [0.15, 0.2) is 0 Å². The molecule has 3 heterocycles. The van der Waals surface area contributed by atoms with E-state index in [1.807, 2.05) is 12.3 Å². The zero-order valence-electron chi connectivity index (χ0n) is 18.8. The van der Waals surface area contributed by atoms with E-state index < -0.39 is 23.4 Å². The highest BCUT2D eigenvalue weighted by Gasteiger charge is 2.68. The fourth-order valence-electron chi connectivity index (χ4n) is 8.02. The van der Waals surface area contributed by atoms with Crippen molar-refractivity contribution in [3.8, 4) is 0 Å². The number of aliphatic hydroxyl groups excluding tert-OH is 2. The average Bonchev–Trinajstić information content (AvgIpc) is 3.28. The van der Waals surface area contributed by atoms with Gasteiger partial charge in [0.05, 0.1) is 17.3 Å². The number of allylic oxidation sites excluding steroid dienone is 1. The summed E-state index contributed by atoms with van der Waals surface area (Å²) in [4.78, 5) is 17.9. The molecule has 5 heteroatoms. The molecule has 5 nitrogen and oxygen atoms in total. The average molecular weight is 444 g/mol. The topological polar surface area (TPSA) is 79.6 Å². The normalized spacial score (nSPS) is 43.5. The SMILES string of the molecule is C[C@]12CC=C3C=C4[C@@H](O)[C@H](O)CC[C@]45CC[C@]3(O5)[C@@H]1CC(=O)[C@@H]2c1ccc2ccncc2c1. The molecular weight excluding hydrogens is 414 g/mol. The molecular formula is C28H29NO4. The van der Waals surface area contributed by atoms with Crippen LogP contribution in [0.3, 0.4) is 0 Å². The van der Waals surface area contributed by atoms with Crippen molar-refractivity contribution in [2.24, 2.45) is 11.3 Å². The van der Waals surface area contributed by atoms with Crippen molar-refractivity contribution in [2.45, 2.75) is 74.8 Å². The molecule has 2 aliphatic heterocycles. The van der Waals surface area contributed by atoms with Gasteiger partial charge in [-0.25, -0.2) is 0 Å². The molecule has 0 unspecified atom stereocenters. The minimum atomic E-state index is -0.867. The first-order chi connectivity index (χ1) is 15.9. The molecule has 170 valence electrons. The predicted molar refractivity (Wildman–Crippen MR) is 124 cm³/mol. The summed E-state index contributed by atoms with van der Waals surface area (Å²) in [5, 5.41) is 23.2. The quantitative estimate of drug-likeness (QED) is 0.697. The lowest BCUT2D eigenvalue weighted by Gasteiger charge is -2.54. The summed E-state index contributed by atoms with van der Waals surface area (Å²) in [5.74, 6) is 0.241. The number of carbonyl (C=O) groups excluding carboxylic acids is 1. The Kier molecular flexibility index (Phi) is 3.90. The highest BCUT2D eigenvalue weighted by molar-refractivity contribution is 5.92. The molecule has 2 spiro atoms. The summed E-state index contributed by atoms with van der Waals surface area (Å²) in [6.45, 7) is 2.27. The Labute approximate surface area is 193 Å². The third kappa shape index (κ3) is 2.43. The molecule has 2 N–H and O–H groups in total. The van der Waals surface area contributed by atoms with Gasteiger partial charge in [-0.1, -0.05) is 31.2 Å². The van der Waals surface area contributed by atoms with Crippen molar-refractivity contribution in [1.82, 2.24) is 4.98 Å². The van der Waals surface area contributed by atoms with Crippen LogP contribution in [-0.2, 0) is 9.53 Å². The second-order valence-corrected chi connectivity index (χ2v) is 11.1. The molecule has 2 saturated carbocycles. The molecule has 2 aromatic rings. The van der Waals surface area contributed by atoms with Crippen molar-refractivity contribution in [1.29, 1.82) is 0 Å². The standard InChI is InChI=1S/C28H29NO4/c1-26-7-4-19-13-20-25(32)21(30)5-8-27(20)9-10-28(19,33-27)23(26)14-22(31)24(26)17-3-2-16-6-11-29-15-18(16)12-17/h2-4,6,11-13,15,21,23-25,30,32H,5,7-10,14H2,1H3/t21-,23-,24+,25-,26+,27+,28-/m1/s1. The van der Waals surface area contributed by atoms with Crippen molar-refractivity contribution in [3.63, 3.8) is 0 Å². The molecule has 3 aliphatic carbocycles. The summed E-state index contributed by atoms with van der Waals surface area (Å²) in [6.07, 6.45) is 10.7. The van der Waals surface area contributed by atoms with Gasteiger partial charge in [-0.3, -0.25) is 9.78 Å². The van der Waals surface area contributed by atoms with Crippen molar-refractivity contribution >= 4 is 16.6 Å². The van der Waals surface area contributed by atoms with Gasteiger partial charge in [-0.05, 0) is 71.7 Å². The third-order valence-corrected chi connectivity index (χ3v) is 9.64. The van der Waals surface area contributed by atoms with Crippen LogP contribution in [0.4, 0.5) is 0 Å². The van der Waals surface area contributed by atoms with Crippen LogP contribution in [0.25, 0.3) is 10.8 Å². The fraction of sp³-hybridized carbons (Fsp3) is 0.500. The lowest BCUT2D eigenvalue weighted by atomic mass is 9.58. The Morgan fingerprint density at radius 1 is 1.12 bits per heavy atom. The zero-order valence-corrected chi connectivity index (χ0v) is 18.8. The van der Waals surface area contributed by atoms with Gasteiger partial charge in [0.1, 0.15) is 11.9 Å². The number of aliphatic hydroxyl groups is 2. The van der Waals surface area contributed by atoms with E-state index in [1.54, 1.807) is 6.20 Å². The van der Waals surface area contributed by atoms with Gasteiger partial charge in [0.25, 0.3) is 0 Å². The molecule has 0 amide bonds. The molecule has 0 radical (unpaired) electrons. The van der Waals surface area contributed by atoms with Gasteiger partial charge in [-0.15, -0.1) is 0 Å². The fourth-order valence-corrected chi connectivity index (χ4v) is 8.02. The lowest BCUT2D eigenvalue weighted by molar-refractivity contribution is -0.152. The van der Waals surface area contributed by atoms with Crippen molar-refractivity contribution in [3.05, 3.63) is 65.5 Å². The molecule has 2 bridgehead atoms. The Morgan fingerprint density at radius 3 is 2.88 bits per heavy atom. The van der Waals surface area contributed by atoms with Crippen LogP contribution in [0.5, 0.6) is 0 Å². The van der Waals surface area contributed by atoms with Crippen LogP contribution in [0.1, 0.15) is 56.9 Å². The number of benzene rings is 1. The van der Waals surface area contributed by atoms with Crippen molar-refractivity contribution in [2.75, 3.05) is 0 Å². The first-order valence-electron chi connectivity index (χ1n) is 12.2. The minimum Gasteiger partial charge on any atom is -0.390 e. The number of pyridine rings is 1. The monoisotopic (exact) mass is 443 g/mol. The largest absolute Gasteiger partial charge is 0.390 e. The van der Waals surface area contributed by atoms with E-state index in [1.165, 1.54) is 0 Å². The molecule has 1 aromatic carbocycles. The van der Waals surface area contributed by atoms with Crippen LogP contribution in [-0.4, -0.2) is 44.4 Å². The van der Waals surface area contributed by atoms with Crippen LogP contribution < -0.4 is 0 Å². The maximum absolute atomic E-state index is 13.6. The number of Topliss-reactive ketones (excluding diaryl/α,β-unsaturated/α-hetero) is 1. The van der Waals surface area contributed by atoms with Crippen LogP contribution in [0.2, 0.25) is 0 Å². The van der Waals surface area contributed by atoms with E-state index >= 15 is 0 Å². The summed E-state index contributed by atoms with van der Waals surface area (Å²) < 4.78 is 7.01. The van der Waals surface area contributed by atoms with E-state index in [9.17, 15) is 15.0 Å². The minimum absolute atomic E-state index is 0.105. The first kappa shape index (κ1) is 20.1.